The smallest absolute Gasteiger partial charge is 0.276 e. The average molecular weight is 345 g/mol. The number of anilines is 2. The van der Waals surface area contributed by atoms with Crippen LogP contribution in [-0.2, 0) is 16.2 Å². The number of ether oxygens (including phenoxy) is 1. The number of nitrogens with one attached hydrogen (secondary N) is 1. The van der Waals surface area contributed by atoms with Crippen LogP contribution in [0.5, 0.6) is 5.75 Å². The number of hydrogen-bond acceptors (Lipinski definition) is 4. The van der Waals surface area contributed by atoms with Gasteiger partial charge < -0.3 is 10.1 Å². The second-order valence-corrected chi connectivity index (χ2v) is 6.89. The molecule has 0 bridgehead atoms. The summed E-state index contributed by atoms with van der Waals surface area (Å²) in [5.74, 6) is 0.619. The zero-order chi connectivity index (χ0) is 17.1. The molecule has 0 saturated heterocycles. The van der Waals surface area contributed by atoms with Crippen molar-refractivity contribution >= 4 is 28.9 Å². The van der Waals surface area contributed by atoms with E-state index in [0.717, 1.165) is 33.8 Å². The number of rotatable bonds is 2. The molecule has 24 heavy (non-hydrogen) atoms. The van der Waals surface area contributed by atoms with Crippen LogP contribution in [0.2, 0.25) is 5.02 Å². The summed E-state index contributed by atoms with van der Waals surface area (Å²) in [6.45, 7) is 4.01. The van der Waals surface area contributed by atoms with Gasteiger partial charge in [0.2, 0.25) is 0 Å². The molecule has 4 rings (SSSR count). The fourth-order valence-electron chi connectivity index (χ4n) is 3.26. The zero-order valence-electron chi connectivity index (χ0n) is 13.6. The van der Waals surface area contributed by atoms with Gasteiger partial charge in [-0.1, -0.05) is 17.7 Å². The summed E-state index contributed by atoms with van der Waals surface area (Å²) in [6.07, 6.45) is 0. The van der Waals surface area contributed by atoms with Gasteiger partial charge in [-0.25, -0.2) is 0 Å². The van der Waals surface area contributed by atoms with Crippen LogP contribution >= 0.6 is 11.6 Å². The van der Waals surface area contributed by atoms with Crippen LogP contribution in [0, 0.1) is 0 Å². The lowest BCUT2D eigenvalue weighted by Crippen LogP contribution is -2.52. The maximum absolute atomic E-state index is 12.6. The lowest BCUT2D eigenvalue weighted by Gasteiger charge is -2.36. The van der Waals surface area contributed by atoms with Crippen LogP contribution in [-0.4, -0.2) is 18.6 Å². The van der Waals surface area contributed by atoms with Gasteiger partial charge in [0.15, 0.2) is 0 Å². The molecule has 0 spiro atoms. The summed E-state index contributed by atoms with van der Waals surface area (Å²) < 4.78 is 5.47. The third-order valence-corrected chi connectivity index (χ3v) is 4.68. The van der Waals surface area contributed by atoms with Crippen LogP contribution in [0.15, 0.2) is 30.3 Å². The highest BCUT2D eigenvalue weighted by Gasteiger charge is 2.44. The van der Waals surface area contributed by atoms with Gasteiger partial charge in [-0.2, -0.15) is 5.06 Å². The second kappa shape index (κ2) is 5.13. The monoisotopic (exact) mass is 344 g/mol. The van der Waals surface area contributed by atoms with Crippen LogP contribution in [0.4, 0.5) is 11.4 Å². The first-order valence-electron chi connectivity index (χ1n) is 7.68. The van der Waals surface area contributed by atoms with E-state index in [1.807, 2.05) is 38.1 Å². The van der Waals surface area contributed by atoms with E-state index in [1.54, 1.807) is 13.2 Å². The fourth-order valence-corrected chi connectivity index (χ4v) is 3.43. The minimum absolute atomic E-state index is 0.107. The number of benzene rings is 2. The Hall–Kier alpha value is -2.24. The van der Waals surface area contributed by atoms with Crippen molar-refractivity contribution in [2.45, 2.75) is 26.0 Å². The second-order valence-electron chi connectivity index (χ2n) is 6.46. The first-order chi connectivity index (χ1) is 11.4. The molecule has 1 amide bonds. The van der Waals surface area contributed by atoms with E-state index in [2.05, 4.69) is 5.32 Å². The van der Waals surface area contributed by atoms with E-state index in [9.17, 15) is 4.79 Å². The Bertz CT molecular complexity index is 864. The number of amides is 1. The molecule has 5 nitrogen and oxygen atoms in total. The Balaban J connectivity index is 1.93. The molecule has 2 aromatic carbocycles. The highest BCUT2D eigenvalue weighted by molar-refractivity contribution is 6.31. The number of carbonyl (C=O) groups is 1. The van der Waals surface area contributed by atoms with Crippen LogP contribution in [0.1, 0.15) is 19.4 Å². The molecular formula is C18H17ClN2O3. The van der Waals surface area contributed by atoms with Crippen molar-refractivity contribution in [3.63, 3.8) is 0 Å². The third kappa shape index (κ3) is 2.08. The third-order valence-electron chi connectivity index (χ3n) is 4.44. The first-order valence-corrected chi connectivity index (χ1v) is 8.05. The number of carbonyl (C=O) groups excluding carboxylic acids is 1. The van der Waals surface area contributed by atoms with Crippen LogP contribution < -0.4 is 15.1 Å². The largest absolute Gasteiger partial charge is 0.496 e. The van der Waals surface area contributed by atoms with Crippen molar-refractivity contribution < 1.29 is 14.4 Å². The lowest BCUT2D eigenvalue weighted by molar-refractivity contribution is -0.129. The Morgan fingerprint density at radius 1 is 1.25 bits per heavy atom. The van der Waals surface area contributed by atoms with Gasteiger partial charge in [0.05, 0.1) is 12.8 Å². The molecule has 0 atom stereocenters. The molecule has 0 unspecified atom stereocenters. The molecule has 2 aliphatic heterocycles. The topological polar surface area (TPSA) is 50.8 Å². The van der Waals surface area contributed by atoms with Crippen molar-refractivity contribution in [2.75, 3.05) is 17.5 Å². The van der Waals surface area contributed by atoms with E-state index < -0.39 is 5.54 Å². The van der Waals surface area contributed by atoms with E-state index in [0.29, 0.717) is 11.6 Å². The van der Waals surface area contributed by atoms with Gasteiger partial charge in [0.1, 0.15) is 23.6 Å². The van der Waals surface area contributed by atoms with Gasteiger partial charge in [0.25, 0.3) is 5.91 Å². The number of halogens is 1. The molecule has 2 aliphatic rings. The highest BCUT2D eigenvalue weighted by Crippen LogP contribution is 2.48. The van der Waals surface area contributed by atoms with Gasteiger partial charge >= 0.3 is 0 Å². The number of hydroxylamine groups is 1. The number of nitrogens with zero attached hydrogens (tertiary/aromatic N) is 1. The van der Waals surface area contributed by atoms with Crippen molar-refractivity contribution in [1.29, 1.82) is 0 Å². The number of methoxy groups -OCH3 is 1. The van der Waals surface area contributed by atoms with Gasteiger partial charge in [-0.05, 0) is 43.7 Å². The summed E-state index contributed by atoms with van der Waals surface area (Å²) in [4.78, 5) is 18.3. The molecule has 124 valence electrons. The van der Waals surface area contributed by atoms with Crippen molar-refractivity contribution in [3.05, 3.63) is 40.9 Å². The first kappa shape index (κ1) is 15.3. The quantitative estimate of drug-likeness (QED) is 0.894. The minimum Gasteiger partial charge on any atom is -0.496 e. The Kier molecular flexibility index (Phi) is 3.27. The number of hydrogen-bond donors (Lipinski definition) is 1. The molecular weight excluding hydrogens is 328 g/mol. The Morgan fingerprint density at radius 3 is 2.79 bits per heavy atom. The normalized spacial score (nSPS) is 17.5. The van der Waals surface area contributed by atoms with Crippen LogP contribution in [0.3, 0.4) is 0 Å². The van der Waals surface area contributed by atoms with E-state index in [-0.39, 0.29) is 5.91 Å². The van der Waals surface area contributed by atoms with Crippen molar-refractivity contribution in [1.82, 2.24) is 0 Å². The van der Waals surface area contributed by atoms with Gasteiger partial charge in [-0.3, -0.25) is 9.63 Å². The highest BCUT2D eigenvalue weighted by atomic mass is 35.5. The maximum Gasteiger partial charge on any atom is 0.276 e. The zero-order valence-corrected chi connectivity index (χ0v) is 14.4. The SMILES string of the molecule is COc1ccc(Cl)cc1-c1ccc2c3c1CON3C(=O)C(C)(C)N2. The van der Waals surface area contributed by atoms with E-state index in [4.69, 9.17) is 21.2 Å². The molecule has 0 radical (unpaired) electrons. The summed E-state index contributed by atoms with van der Waals surface area (Å²) in [7, 11) is 1.63. The summed E-state index contributed by atoms with van der Waals surface area (Å²) in [6, 6.07) is 9.46. The summed E-state index contributed by atoms with van der Waals surface area (Å²) >= 11 is 6.17. The van der Waals surface area contributed by atoms with Crippen LogP contribution in [0.25, 0.3) is 11.1 Å². The molecule has 0 aromatic heterocycles. The predicted octanol–water partition coefficient (Wildman–Crippen LogP) is 4.00. The molecule has 2 heterocycles. The van der Waals surface area contributed by atoms with E-state index >= 15 is 0 Å². The average Bonchev–Trinajstić information content (AvgIpc) is 2.99. The molecule has 2 aromatic rings. The fraction of sp³-hybridized carbons (Fsp3) is 0.278. The maximum atomic E-state index is 12.6. The van der Waals surface area contributed by atoms with E-state index in [1.165, 1.54) is 5.06 Å². The van der Waals surface area contributed by atoms with Crippen molar-refractivity contribution in [3.8, 4) is 16.9 Å². The molecule has 0 fully saturated rings. The summed E-state index contributed by atoms with van der Waals surface area (Å²) in [5.41, 5.74) is 3.74. The van der Waals surface area contributed by atoms with Crippen molar-refractivity contribution in [2.24, 2.45) is 0 Å². The standard InChI is InChI=1S/C18H17ClN2O3/c1-18(2)17(22)21-16-13(9-24-21)11(5-6-14(16)20-18)12-8-10(19)4-7-15(12)23-3/h4-8,20H,9H2,1-3H3. The molecule has 1 N–H and O–H groups in total. The van der Waals surface area contributed by atoms with Gasteiger partial charge in [-0.15, -0.1) is 0 Å². The summed E-state index contributed by atoms with van der Waals surface area (Å²) in [5, 5.41) is 5.32. The molecule has 0 aliphatic carbocycles. The lowest BCUT2D eigenvalue weighted by atomic mass is 9.93. The van der Waals surface area contributed by atoms with Gasteiger partial charge in [0, 0.05) is 16.1 Å². The molecule has 0 saturated carbocycles. The molecule has 6 heteroatoms. The predicted molar refractivity (Wildman–Crippen MR) is 93.4 cm³/mol. The minimum atomic E-state index is -0.704. The Morgan fingerprint density at radius 2 is 2.04 bits per heavy atom. The Labute approximate surface area is 145 Å².